The summed E-state index contributed by atoms with van der Waals surface area (Å²) in [5.41, 5.74) is 0.461. The number of aryl methyl sites for hydroxylation is 1. The number of amides is 1. The molecule has 24 heavy (non-hydrogen) atoms. The van der Waals surface area contributed by atoms with Crippen LogP contribution in [0.25, 0.3) is 0 Å². The average Bonchev–Trinajstić information content (AvgIpc) is 3.17. The highest BCUT2D eigenvalue weighted by Crippen LogP contribution is 2.25. The molecular weight excluding hydrogens is 334 g/mol. The molecule has 1 aromatic carbocycles. The number of hydrogen-bond acceptors (Lipinski definition) is 5. The zero-order valence-corrected chi connectivity index (χ0v) is 14.1. The fourth-order valence-corrected chi connectivity index (χ4v) is 2.67. The van der Waals surface area contributed by atoms with E-state index in [0.717, 1.165) is 0 Å². The lowest BCUT2D eigenvalue weighted by Crippen LogP contribution is -2.45. The van der Waals surface area contributed by atoms with Crippen molar-refractivity contribution in [3.05, 3.63) is 41.2 Å². The molecule has 0 bridgehead atoms. The minimum atomic E-state index is -0.271. The van der Waals surface area contributed by atoms with Gasteiger partial charge in [-0.2, -0.15) is 5.10 Å². The fourth-order valence-electron chi connectivity index (χ4n) is 2.47. The molecule has 3 rings (SSSR count). The number of carbonyl (C=O) groups excluding carboxylic acids is 1. The minimum absolute atomic E-state index is 0.236. The maximum absolute atomic E-state index is 12.4. The number of ether oxygens (including phenoxy) is 3. The Morgan fingerprint density at radius 2 is 2.29 bits per heavy atom. The van der Waals surface area contributed by atoms with Crippen molar-refractivity contribution >= 4 is 17.5 Å². The number of nitrogens with zero attached hydrogens (tertiary/aromatic N) is 2. The van der Waals surface area contributed by atoms with Crippen LogP contribution in [0.1, 0.15) is 10.4 Å². The second-order valence-corrected chi connectivity index (χ2v) is 5.88. The molecule has 0 saturated carbocycles. The molecule has 8 heteroatoms. The van der Waals surface area contributed by atoms with Gasteiger partial charge in [0.2, 0.25) is 0 Å². The molecule has 0 spiro atoms. The third-order valence-corrected chi connectivity index (χ3v) is 4.04. The van der Waals surface area contributed by atoms with Crippen molar-refractivity contribution in [2.75, 3.05) is 20.3 Å². The predicted octanol–water partition coefficient (Wildman–Crippen LogP) is 1.66. The fraction of sp³-hybridized carbons (Fsp3) is 0.375. The SMILES string of the molecule is COc1cc(C(=O)N[C@H]2COC[C@H]2Oc2cnn(C)c2)ccc1Cl. The zero-order valence-electron chi connectivity index (χ0n) is 13.4. The van der Waals surface area contributed by atoms with E-state index in [-0.39, 0.29) is 18.1 Å². The highest BCUT2D eigenvalue weighted by molar-refractivity contribution is 6.32. The minimum Gasteiger partial charge on any atom is -0.495 e. The van der Waals surface area contributed by atoms with E-state index in [2.05, 4.69) is 10.4 Å². The van der Waals surface area contributed by atoms with Crippen LogP contribution < -0.4 is 14.8 Å². The number of rotatable bonds is 5. The predicted molar refractivity (Wildman–Crippen MR) is 87.7 cm³/mol. The Morgan fingerprint density at radius 3 is 3.00 bits per heavy atom. The van der Waals surface area contributed by atoms with Gasteiger partial charge in [-0.15, -0.1) is 0 Å². The first-order valence-electron chi connectivity index (χ1n) is 7.44. The second-order valence-electron chi connectivity index (χ2n) is 5.47. The van der Waals surface area contributed by atoms with Gasteiger partial charge in [-0.25, -0.2) is 0 Å². The number of halogens is 1. The van der Waals surface area contributed by atoms with Crippen molar-refractivity contribution in [1.29, 1.82) is 0 Å². The molecule has 2 aromatic rings. The lowest BCUT2D eigenvalue weighted by Gasteiger charge is -2.19. The van der Waals surface area contributed by atoms with E-state index in [1.807, 2.05) is 7.05 Å². The van der Waals surface area contributed by atoms with Gasteiger partial charge in [-0.1, -0.05) is 11.6 Å². The van der Waals surface area contributed by atoms with Crippen LogP contribution >= 0.6 is 11.6 Å². The van der Waals surface area contributed by atoms with E-state index < -0.39 is 0 Å². The monoisotopic (exact) mass is 351 g/mol. The van der Waals surface area contributed by atoms with Gasteiger partial charge in [-0.3, -0.25) is 9.48 Å². The lowest BCUT2D eigenvalue weighted by molar-refractivity contribution is 0.0904. The second kappa shape index (κ2) is 7.11. The maximum Gasteiger partial charge on any atom is 0.251 e. The molecule has 1 N–H and O–H groups in total. The van der Waals surface area contributed by atoms with Gasteiger partial charge in [0.15, 0.2) is 5.75 Å². The van der Waals surface area contributed by atoms with Crippen LogP contribution in [-0.4, -0.2) is 48.2 Å². The van der Waals surface area contributed by atoms with Crippen LogP contribution in [0.3, 0.4) is 0 Å². The summed E-state index contributed by atoms with van der Waals surface area (Å²) < 4.78 is 18.1. The molecule has 0 aliphatic carbocycles. The first kappa shape index (κ1) is 16.6. The molecule has 1 aromatic heterocycles. The largest absolute Gasteiger partial charge is 0.495 e. The van der Waals surface area contributed by atoms with Crippen LogP contribution in [0.5, 0.6) is 11.5 Å². The van der Waals surface area contributed by atoms with Gasteiger partial charge < -0.3 is 19.5 Å². The summed E-state index contributed by atoms with van der Waals surface area (Å²) in [6.45, 7) is 0.797. The van der Waals surface area contributed by atoms with Crippen molar-refractivity contribution in [2.24, 2.45) is 7.05 Å². The summed E-state index contributed by atoms with van der Waals surface area (Å²) in [5, 5.41) is 7.44. The van der Waals surface area contributed by atoms with Crippen LogP contribution in [0.4, 0.5) is 0 Å². The van der Waals surface area contributed by atoms with Crippen molar-refractivity contribution < 1.29 is 19.0 Å². The zero-order chi connectivity index (χ0) is 17.1. The Balaban J connectivity index is 1.66. The number of hydrogen-bond donors (Lipinski definition) is 1. The summed E-state index contributed by atoms with van der Waals surface area (Å²) >= 11 is 5.98. The summed E-state index contributed by atoms with van der Waals surface area (Å²) in [6, 6.07) is 4.63. The van der Waals surface area contributed by atoms with Gasteiger partial charge in [-0.05, 0) is 18.2 Å². The van der Waals surface area contributed by atoms with Gasteiger partial charge in [0, 0.05) is 12.6 Å². The first-order valence-corrected chi connectivity index (χ1v) is 7.82. The normalized spacial score (nSPS) is 20.0. The van der Waals surface area contributed by atoms with Gasteiger partial charge in [0.1, 0.15) is 11.9 Å². The molecule has 1 aliphatic rings. The maximum atomic E-state index is 12.4. The van der Waals surface area contributed by atoms with Crippen LogP contribution in [-0.2, 0) is 11.8 Å². The summed E-state index contributed by atoms with van der Waals surface area (Å²) in [7, 11) is 3.32. The Hall–Kier alpha value is -2.25. The average molecular weight is 352 g/mol. The van der Waals surface area contributed by atoms with Crippen molar-refractivity contribution in [1.82, 2.24) is 15.1 Å². The molecule has 0 unspecified atom stereocenters. The van der Waals surface area contributed by atoms with E-state index in [1.54, 1.807) is 35.3 Å². The molecule has 1 amide bonds. The van der Waals surface area contributed by atoms with Crippen LogP contribution in [0.2, 0.25) is 5.02 Å². The molecule has 2 atom stereocenters. The van der Waals surface area contributed by atoms with Gasteiger partial charge in [0.05, 0.1) is 43.8 Å². The summed E-state index contributed by atoms with van der Waals surface area (Å²) in [4.78, 5) is 12.4. The third kappa shape index (κ3) is 3.63. The summed E-state index contributed by atoms with van der Waals surface area (Å²) in [6.07, 6.45) is 3.12. The number of carbonyl (C=O) groups is 1. The Morgan fingerprint density at radius 1 is 1.46 bits per heavy atom. The van der Waals surface area contributed by atoms with Crippen molar-refractivity contribution in [3.8, 4) is 11.5 Å². The Labute approximate surface area is 144 Å². The molecule has 1 saturated heterocycles. The van der Waals surface area contributed by atoms with E-state index in [1.165, 1.54) is 7.11 Å². The van der Waals surface area contributed by atoms with E-state index in [9.17, 15) is 4.79 Å². The van der Waals surface area contributed by atoms with Crippen LogP contribution in [0, 0.1) is 0 Å². The number of nitrogens with one attached hydrogen (secondary N) is 1. The Bertz CT molecular complexity index is 734. The number of aromatic nitrogens is 2. The molecule has 128 valence electrons. The number of benzene rings is 1. The molecule has 2 heterocycles. The first-order chi connectivity index (χ1) is 11.6. The van der Waals surface area contributed by atoms with Gasteiger partial charge in [0.25, 0.3) is 5.91 Å². The third-order valence-electron chi connectivity index (χ3n) is 3.73. The van der Waals surface area contributed by atoms with Gasteiger partial charge >= 0.3 is 0 Å². The van der Waals surface area contributed by atoms with Crippen LogP contribution in [0.15, 0.2) is 30.6 Å². The van der Waals surface area contributed by atoms with E-state index >= 15 is 0 Å². The topological polar surface area (TPSA) is 74.6 Å². The van der Waals surface area contributed by atoms with E-state index in [4.69, 9.17) is 25.8 Å². The molecular formula is C16H18ClN3O4. The standard InChI is InChI=1S/C16H18ClN3O4/c1-20-7-11(6-18-20)24-15-9-23-8-13(15)19-16(21)10-3-4-12(17)14(5-10)22-2/h3-7,13,15H,8-9H2,1-2H3,(H,19,21)/t13-,15+/m0/s1. The van der Waals surface area contributed by atoms with Crippen molar-refractivity contribution in [2.45, 2.75) is 12.1 Å². The summed E-state index contributed by atoms with van der Waals surface area (Å²) in [5.74, 6) is 0.857. The molecule has 0 radical (unpaired) electrons. The molecule has 1 aliphatic heterocycles. The highest BCUT2D eigenvalue weighted by Gasteiger charge is 2.32. The quantitative estimate of drug-likeness (QED) is 0.886. The van der Waals surface area contributed by atoms with E-state index in [0.29, 0.717) is 35.3 Å². The smallest absolute Gasteiger partial charge is 0.251 e. The van der Waals surface area contributed by atoms with Crippen molar-refractivity contribution in [3.63, 3.8) is 0 Å². The molecule has 1 fully saturated rings. The molecule has 7 nitrogen and oxygen atoms in total. The lowest BCUT2D eigenvalue weighted by atomic mass is 10.1. The number of methoxy groups -OCH3 is 1. The Kier molecular flexibility index (Phi) is 4.92. The highest BCUT2D eigenvalue weighted by atomic mass is 35.5.